The van der Waals surface area contributed by atoms with Crippen molar-refractivity contribution < 1.29 is 13.9 Å². The Morgan fingerprint density at radius 3 is 2.50 bits per heavy atom. The zero-order chi connectivity index (χ0) is 26.5. The molecule has 38 heavy (non-hydrogen) atoms. The molecule has 5 nitrogen and oxygen atoms in total. The lowest BCUT2D eigenvalue weighted by atomic mass is 10.0. The first-order valence-corrected chi connectivity index (χ1v) is 12.8. The first kappa shape index (κ1) is 25.6. The molecule has 0 aliphatic rings. The third kappa shape index (κ3) is 5.90. The van der Waals surface area contributed by atoms with Crippen LogP contribution in [0.25, 0.3) is 22.2 Å². The van der Waals surface area contributed by atoms with Crippen LogP contribution in [0.4, 0.5) is 4.39 Å². The van der Waals surface area contributed by atoms with Gasteiger partial charge in [-0.3, -0.25) is 4.79 Å². The van der Waals surface area contributed by atoms with Gasteiger partial charge >= 0.3 is 0 Å². The molecule has 0 saturated heterocycles. The highest BCUT2D eigenvalue weighted by Crippen LogP contribution is 2.34. The highest BCUT2D eigenvalue weighted by Gasteiger charge is 2.14. The Hall–Kier alpha value is -4.07. The number of nitrogens with zero attached hydrogens (tertiary/aromatic N) is 2. The van der Waals surface area contributed by atoms with Crippen molar-refractivity contribution in [2.24, 2.45) is 5.10 Å². The Bertz CT molecular complexity index is 1620. The van der Waals surface area contributed by atoms with Crippen LogP contribution in [0, 0.1) is 5.82 Å². The van der Waals surface area contributed by atoms with Crippen LogP contribution in [0.3, 0.4) is 0 Å². The molecule has 5 aromatic rings. The molecule has 0 saturated carbocycles. The molecule has 0 unspecified atom stereocenters. The average molecular weight is 589 g/mol. The quantitative estimate of drug-likeness (QED) is 0.156. The van der Waals surface area contributed by atoms with Gasteiger partial charge in [-0.05, 0) is 63.5 Å². The molecule has 0 spiro atoms. The van der Waals surface area contributed by atoms with Crippen LogP contribution < -0.4 is 10.2 Å². The van der Waals surface area contributed by atoms with Crippen molar-refractivity contribution in [2.45, 2.75) is 6.61 Å². The SMILES string of the molecule is O=C(N/N=C/c1cc(Cl)c(OCc2ccc(F)cc2)c(Br)c1)c1cc(-c2ccccc2)nc2ccccc12. The summed E-state index contributed by atoms with van der Waals surface area (Å²) in [4.78, 5) is 17.8. The van der Waals surface area contributed by atoms with E-state index in [4.69, 9.17) is 21.3 Å². The molecule has 1 N–H and O–H groups in total. The summed E-state index contributed by atoms with van der Waals surface area (Å²) in [7, 11) is 0. The molecule has 4 aromatic carbocycles. The number of aromatic nitrogens is 1. The highest BCUT2D eigenvalue weighted by molar-refractivity contribution is 9.10. The third-order valence-electron chi connectivity index (χ3n) is 5.73. The zero-order valence-corrected chi connectivity index (χ0v) is 22.2. The standard InChI is InChI=1S/C30H20BrClFN3O2/c31-25-14-20(15-26(32)29(25)38-18-19-10-12-22(33)13-11-19)17-34-36-30(37)24-16-28(21-6-2-1-3-7-21)35-27-9-5-4-8-23(24)27/h1-17H,18H2,(H,36,37)/b34-17+. The van der Waals surface area contributed by atoms with E-state index < -0.39 is 0 Å². The lowest BCUT2D eigenvalue weighted by Gasteiger charge is -2.11. The first-order chi connectivity index (χ1) is 18.5. The molecule has 5 rings (SSSR count). The first-order valence-electron chi connectivity index (χ1n) is 11.6. The molecule has 0 atom stereocenters. The number of benzene rings is 4. The maximum absolute atomic E-state index is 13.1. The molecule has 1 aromatic heterocycles. The zero-order valence-electron chi connectivity index (χ0n) is 19.9. The summed E-state index contributed by atoms with van der Waals surface area (Å²) < 4.78 is 19.6. The number of nitrogens with one attached hydrogen (secondary N) is 1. The van der Waals surface area contributed by atoms with Crippen LogP contribution in [0.15, 0.2) is 107 Å². The van der Waals surface area contributed by atoms with Crippen molar-refractivity contribution in [1.82, 2.24) is 10.4 Å². The summed E-state index contributed by atoms with van der Waals surface area (Å²) in [5, 5.41) is 5.23. The molecule has 188 valence electrons. The maximum Gasteiger partial charge on any atom is 0.272 e. The van der Waals surface area contributed by atoms with Crippen molar-refractivity contribution in [3.05, 3.63) is 129 Å². The Labute approximate surface area is 232 Å². The molecule has 0 aliphatic heterocycles. The number of para-hydroxylation sites is 1. The summed E-state index contributed by atoms with van der Waals surface area (Å²) in [5.74, 6) is -0.215. The minimum absolute atomic E-state index is 0.229. The molecule has 0 bridgehead atoms. The Morgan fingerprint density at radius 1 is 1.00 bits per heavy atom. The lowest BCUT2D eigenvalue weighted by molar-refractivity contribution is 0.0956. The summed E-state index contributed by atoms with van der Waals surface area (Å²) in [6, 6.07) is 28.4. The number of hydrogen-bond acceptors (Lipinski definition) is 4. The second-order valence-electron chi connectivity index (χ2n) is 8.37. The van der Waals surface area contributed by atoms with Gasteiger partial charge in [0, 0.05) is 10.9 Å². The number of carbonyl (C=O) groups excluding carboxylic acids is 1. The maximum atomic E-state index is 13.1. The molecule has 8 heteroatoms. The number of fused-ring (bicyclic) bond motifs is 1. The van der Waals surface area contributed by atoms with Gasteiger partial charge < -0.3 is 4.74 Å². The van der Waals surface area contributed by atoms with Crippen molar-refractivity contribution in [2.75, 3.05) is 0 Å². The number of carbonyl (C=O) groups is 1. The monoisotopic (exact) mass is 587 g/mol. The van der Waals surface area contributed by atoms with Crippen LogP contribution in [0.1, 0.15) is 21.5 Å². The van der Waals surface area contributed by atoms with E-state index in [1.54, 1.807) is 30.3 Å². The number of hydrogen-bond donors (Lipinski definition) is 1. The van der Waals surface area contributed by atoms with Crippen LogP contribution in [0.2, 0.25) is 5.02 Å². The number of hydrazone groups is 1. The van der Waals surface area contributed by atoms with E-state index in [9.17, 15) is 9.18 Å². The van der Waals surface area contributed by atoms with Crippen LogP contribution in [-0.4, -0.2) is 17.1 Å². The van der Waals surface area contributed by atoms with Gasteiger partial charge in [-0.1, -0.05) is 72.3 Å². The summed E-state index contributed by atoms with van der Waals surface area (Å²) in [6.45, 7) is 0.229. The van der Waals surface area contributed by atoms with Crippen molar-refractivity contribution in [3.8, 4) is 17.0 Å². The van der Waals surface area contributed by atoms with Crippen molar-refractivity contribution >= 4 is 50.6 Å². The van der Waals surface area contributed by atoms with Gasteiger partial charge in [0.05, 0.1) is 32.5 Å². The number of ether oxygens (including phenoxy) is 1. The summed E-state index contributed by atoms with van der Waals surface area (Å²) >= 11 is 9.91. The van der Waals surface area contributed by atoms with Crippen molar-refractivity contribution in [3.63, 3.8) is 0 Å². The predicted molar refractivity (Wildman–Crippen MR) is 152 cm³/mol. The molecule has 0 fully saturated rings. The molecular formula is C30H20BrClFN3O2. The average Bonchev–Trinajstić information content (AvgIpc) is 2.93. The smallest absolute Gasteiger partial charge is 0.272 e. The van der Waals surface area contributed by atoms with E-state index in [1.165, 1.54) is 18.3 Å². The minimum atomic E-state index is -0.360. The van der Waals surface area contributed by atoms with E-state index in [0.29, 0.717) is 32.1 Å². The summed E-state index contributed by atoms with van der Waals surface area (Å²) in [5.41, 5.74) is 6.87. The molecule has 1 amide bonds. The fourth-order valence-electron chi connectivity index (χ4n) is 3.87. The van der Waals surface area contributed by atoms with Gasteiger partial charge in [-0.15, -0.1) is 0 Å². The second kappa shape index (κ2) is 11.5. The van der Waals surface area contributed by atoms with Gasteiger partial charge in [-0.25, -0.2) is 14.8 Å². The van der Waals surface area contributed by atoms with Gasteiger partial charge in [0.2, 0.25) is 0 Å². The highest BCUT2D eigenvalue weighted by atomic mass is 79.9. The van der Waals surface area contributed by atoms with Gasteiger partial charge in [-0.2, -0.15) is 5.10 Å². The lowest BCUT2D eigenvalue weighted by Crippen LogP contribution is -2.18. The number of pyridine rings is 1. The van der Waals surface area contributed by atoms with E-state index in [2.05, 4.69) is 26.5 Å². The third-order valence-corrected chi connectivity index (χ3v) is 6.60. The molecular weight excluding hydrogens is 569 g/mol. The van der Waals surface area contributed by atoms with E-state index in [0.717, 1.165) is 22.0 Å². The Morgan fingerprint density at radius 2 is 1.74 bits per heavy atom. The number of amides is 1. The fourth-order valence-corrected chi connectivity index (χ4v) is 4.86. The fraction of sp³-hybridized carbons (Fsp3) is 0.0333. The van der Waals surface area contributed by atoms with Gasteiger partial charge in [0.15, 0.2) is 5.75 Å². The van der Waals surface area contributed by atoms with E-state index >= 15 is 0 Å². The Kier molecular flexibility index (Phi) is 7.77. The summed E-state index contributed by atoms with van der Waals surface area (Å²) in [6.07, 6.45) is 1.50. The number of halogens is 3. The topological polar surface area (TPSA) is 63.6 Å². The van der Waals surface area contributed by atoms with Crippen LogP contribution >= 0.6 is 27.5 Å². The minimum Gasteiger partial charge on any atom is -0.486 e. The largest absolute Gasteiger partial charge is 0.486 e. The molecule has 1 heterocycles. The van der Waals surface area contributed by atoms with Crippen LogP contribution in [0.5, 0.6) is 5.75 Å². The van der Waals surface area contributed by atoms with Crippen LogP contribution in [-0.2, 0) is 6.61 Å². The molecule has 0 radical (unpaired) electrons. The Balaban J connectivity index is 1.32. The van der Waals surface area contributed by atoms with Gasteiger partial charge in [0.1, 0.15) is 12.4 Å². The van der Waals surface area contributed by atoms with Crippen molar-refractivity contribution in [1.29, 1.82) is 0 Å². The van der Waals surface area contributed by atoms with E-state index in [-0.39, 0.29) is 18.3 Å². The van der Waals surface area contributed by atoms with E-state index in [1.807, 2.05) is 54.6 Å². The number of rotatable bonds is 7. The second-order valence-corrected chi connectivity index (χ2v) is 9.63. The predicted octanol–water partition coefficient (Wildman–Crippen LogP) is 7.80. The normalized spacial score (nSPS) is 11.1. The molecule has 0 aliphatic carbocycles. The van der Waals surface area contributed by atoms with Gasteiger partial charge in [0.25, 0.3) is 5.91 Å².